The molecule has 1 aliphatic carbocycles. The van der Waals surface area contributed by atoms with Crippen molar-refractivity contribution >= 4 is 0 Å². The Morgan fingerprint density at radius 1 is 1.24 bits per heavy atom. The number of hydrogen-bond acceptors (Lipinski definition) is 2. The van der Waals surface area contributed by atoms with Crippen LogP contribution in [0.1, 0.15) is 31.2 Å². The number of rotatable bonds is 3. The minimum atomic E-state index is -0.446. The molecular weight excluding hydrogens is 224 g/mol. The summed E-state index contributed by atoms with van der Waals surface area (Å²) >= 11 is 0. The SMILES string of the molecule is N[C@H]1CCCC[C@@H]1OCc1cc(F)ccc1F. The second kappa shape index (κ2) is 5.56. The van der Waals surface area contributed by atoms with Crippen LogP contribution in [0.2, 0.25) is 0 Å². The first-order chi connectivity index (χ1) is 8.16. The summed E-state index contributed by atoms with van der Waals surface area (Å²) in [4.78, 5) is 0. The van der Waals surface area contributed by atoms with Gasteiger partial charge in [-0.05, 0) is 31.0 Å². The van der Waals surface area contributed by atoms with Crippen molar-refractivity contribution in [3.63, 3.8) is 0 Å². The molecule has 1 fully saturated rings. The first-order valence-corrected chi connectivity index (χ1v) is 5.98. The van der Waals surface area contributed by atoms with Gasteiger partial charge in [0.25, 0.3) is 0 Å². The fraction of sp³-hybridized carbons (Fsp3) is 0.538. The van der Waals surface area contributed by atoms with E-state index >= 15 is 0 Å². The van der Waals surface area contributed by atoms with E-state index in [1.165, 1.54) is 6.07 Å². The molecule has 1 saturated carbocycles. The predicted molar refractivity (Wildman–Crippen MR) is 61.4 cm³/mol. The number of benzene rings is 1. The Bertz CT molecular complexity index is 384. The predicted octanol–water partition coefficient (Wildman–Crippen LogP) is 2.75. The quantitative estimate of drug-likeness (QED) is 0.883. The first kappa shape index (κ1) is 12.5. The molecule has 2 rings (SSSR count). The average molecular weight is 241 g/mol. The maximum absolute atomic E-state index is 13.3. The molecule has 0 amide bonds. The van der Waals surface area contributed by atoms with Gasteiger partial charge in [-0.2, -0.15) is 0 Å². The zero-order valence-corrected chi connectivity index (χ0v) is 9.66. The van der Waals surface area contributed by atoms with E-state index in [0.29, 0.717) is 0 Å². The van der Waals surface area contributed by atoms with Gasteiger partial charge in [-0.25, -0.2) is 8.78 Å². The van der Waals surface area contributed by atoms with Crippen molar-refractivity contribution in [3.8, 4) is 0 Å². The van der Waals surface area contributed by atoms with Gasteiger partial charge in [0.1, 0.15) is 11.6 Å². The summed E-state index contributed by atoms with van der Waals surface area (Å²) in [6.07, 6.45) is 4.01. The minimum Gasteiger partial charge on any atom is -0.372 e. The van der Waals surface area contributed by atoms with Crippen LogP contribution in [0, 0.1) is 11.6 Å². The number of halogens is 2. The highest BCUT2D eigenvalue weighted by Gasteiger charge is 2.22. The second-order valence-corrected chi connectivity index (χ2v) is 4.53. The number of nitrogens with two attached hydrogens (primary N) is 1. The third-order valence-corrected chi connectivity index (χ3v) is 3.21. The number of hydrogen-bond donors (Lipinski definition) is 1. The summed E-state index contributed by atoms with van der Waals surface area (Å²) in [7, 11) is 0. The zero-order valence-electron chi connectivity index (χ0n) is 9.66. The highest BCUT2D eigenvalue weighted by molar-refractivity contribution is 5.17. The third-order valence-electron chi connectivity index (χ3n) is 3.21. The van der Waals surface area contributed by atoms with Crippen LogP contribution in [0.15, 0.2) is 18.2 Å². The van der Waals surface area contributed by atoms with Crippen LogP contribution in [0.25, 0.3) is 0 Å². The Hall–Kier alpha value is -1.00. The summed E-state index contributed by atoms with van der Waals surface area (Å²) in [5.74, 6) is -0.881. The summed E-state index contributed by atoms with van der Waals surface area (Å²) in [5.41, 5.74) is 6.17. The Labute approximate surface area is 99.8 Å². The first-order valence-electron chi connectivity index (χ1n) is 5.98. The molecule has 0 aliphatic heterocycles. The highest BCUT2D eigenvalue weighted by Crippen LogP contribution is 2.21. The molecule has 1 aromatic carbocycles. The lowest BCUT2D eigenvalue weighted by Crippen LogP contribution is -2.39. The van der Waals surface area contributed by atoms with Crippen LogP contribution in [0.5, 0.6) is 0 Å². The molecule has 0 unspecified atom stereocenters. The smallest absolute Gasteiger partial charge is 0.128 e. The van der Waals surface area contributed by atoms with E-state index < -0.39 is 11.6 Å². The van der Waals surface area contributed by atoms with Crippen molar-refractivity contribution in [2.24, 2.45) is 5.73 Å². The molecule has 1 aromatic rings. The van der Waals surface area contributed by atoms with E-state index in [9.17, 15) is 8.78 Å². The van der Waals surface area contributed by atoms with Crippen molar-refractivity contribution in [2.75, 3.05) is 0 Å². The van der Waals surface area contributed by atoms with Gasteiger partial charge >= 0.3 is 0 Å². The van der Waals surface area contributed by atoms with Crippen molar-refractivity contribution in [1.29, 1.82) is 0 Å². The Morgan fingerprint density at radius 3 is 2.76 bits per heavy atom. The topological polar surface area (TPSA) is 35.2 Å². The molecule has 1 aliphatic rings. The molecule has 0 spiro atoms. The van der Waals surface area contributed by atoms with Gasteiger partial charge < -0.3 is 10.5 Å². The molecule has 0 radical (unpaired) electrons. The van der Waals surface area contributed by atoms with Gasteiger partial charge in [0.05, 0.1) is 12.7 Å². The average Bonchev–Trinajstić information content (AvgIpc) is 2.32. The van der Waals surface area contributed by atoms with E-state index in [0.717, 1.165) is 37.8 Å². The Morgan fingerprint density at radius 2 is 2.00 bits per heavy atom. The van der Waals surface area contributed by atoms with Crippen molar-refractivity contribution in [3.05, 3.63) is 35.4 Å². The molecule has 4 heteroatoms. The summed E-state index contributed by atoms with van der Waals surface area (Å²) < 4.78 is 31.9. The van der Waals surface area contributed by atoms with Gasteiger partial charge in [-0.1, -0.05) is 12.8 Å². The van der Waals surface area contributed by atoms with Crippen molar-refractivity contribution < 1.29 is 13.5 Å². The maximum atomic E-state index is 13.3. The fourth-order valence-corrected chi connectivity index (χ4v) is 2.18. The van der Waals surface area contributed by atoms with E-state index in [2.05, 4.69) is 0 Å². The molecule has 2 N–H and O–H groups in total. The third kappa shape index (κ3) is 3.23. The van der Waals surface area contributed by atoms with Crippen LogP contribution >= 0.6 is 0 Å². The number of ether oxygens (including phenoxy) is 1. The molecule has 2 nitrogen and oxygen atoms in total. The van der Waals surface area contributed by atoms with E-state index in [4.69, 9.17) is 10.5 Å². The summed E-state index contributed by atoms with van der Waals surface area (Å²) in [5, 5.41) is 0. The lowest BCUT2D eigenvalue weighted by Gasteiger charge is -2.28. The lowest BCUT2D eigenvalue weighted by molar-refractivity contribution is 0.00278. The normalized spacial score (nSPS) is 24.9. The molecular formula is C13H17F2NO. The summed E-state index contributed by atoms with van der Waals surface area (Å²) in [6.45, 7) is 0.0853. The van der Waals surface area contributed by atoms with Crippen molar-refractivity contribution in [2.45, 2.75) is 44.4 Å². The van der Waals surface area contributed by atoms with Gasteiger partial charge in [-0.15, -0.1) is 0 Å². The van der Waals surface area contributed by atoms with Gasteiger partial charge in [-0.3, -0.25) is 0 Å². The van der Waals surface area contributed by atoms with Gasteiger partial charge in [0, 0.05) is 11.6 Å². The lowest BCUT2D eigenvalue weighted by atomic mass is 9.93. The van der Waals surface area contributed by atoms with Crippen molar-refractivity contribution in [1.82, 2.24) is 0 Å². The fourth-order valence-electron chi connectivity index (χ4n) is 2.18. The molecule has 0 saturated heterocycles. The highest BCUT2D eigenvalue weighted by atomic mass is 19.1. The minimum absolute atomic E-state index is 0.0142. The summed E-state index contributed by atoms with van der Waals surface area (Å²) in [6, 6.07) is 3.41. The monoisotopic (exact) mass is 241 g/mol. The molecule has 2 atom stereocenters. The standard InChI is InChI=1S/C13H17F2NO/c14-10-5-6-11(15)9(7-10)8-17-13-4-2-1-3-12(13)16/h5-7,12-13H,1-4,8,16H2/t12-,13-/m0/s1. The van der Waals surface area contributed by atoms with Crippen LogP contribution in [-0.4, -0.2) is 12.1 Å². The molecule has 17 heavy (non-hydrogen) atoms. The largest absolute Gasteiger partial charge is 0.372 e. The molecule has 0 heterocycles. The van der Waals surface area contributed by atoms with E-state index in [-0.39, 0.29) is 24.3 Å². The molecule has 0 aromatic heterocycles. The Balaban J connectivity index is 1.94. The van der Waals surface area contributed by atoms with E-state index in [1.807, 2.05) is 0 Å². The van der Waals surface area contributed by atoms with Crippen LogP contribution in [0.3, 0.4) is 0 Å². The maximum Gasteiger partial charge on any atom is 0.128 e. The second-order valence-electron chi connectivity index (χ2n) is 4.53. The molecule has 94 valence electrons. The molecule has 0 bridgehead atoms. The van der Waals surface area contributed by atoms with Crippen LogP contribution in [-0.2, 0) is 11.3 Å². The zero-order chi connectivity index (χ0) is 12.3. The van der Waals surface area contributed by atoms with Crippen LogP contribution in [0.4, 0.5) is 8.78 Å². The Kier molecular flexibility index (Phi) is 4.07. The van der Waals surface area contributed by atoms with Gasteiger partial charge in [0.15, 0.2) is 0 Å². The van der Waals surface area contributed by atoms with E-state index in [1.54, 1.807) is 0 Å². The van der Waals surface area contributed by atoms with Crippen LogP contribution < -0.4 is 5.73 Å². The van der Waals surface area contributed by atoms with Gasteiger partial charge in [0.2, 0.25) is 0 Å².